The van der Waals surface area contributed by atoms with Crippen molar-refractivity contribution in [2.75, 3.05) is 13.2 Å². The molecule has 152 valence electrons. The van der Waals surface area contributed by atoms with Crippen LogP contribution in [0.2, 0.25) is 0 Å². The molecular formula is C17H24O10. The molecule has 3 rings (SSSR count). The molecule has 0 saturated carbocycles. The van der Waals surface area contributed by atoms with Crippen LogP contribution in [-0.2, 0) is 23.7 Å². The maximum absolute atomic E-state index is 11.3. The van der Waals surface area contributed by atoms with Crippen LogP contribution in [0.5, 0.6) is 0 Å². The second-order valence-corrected chi connectivity index (χ2v) is 6.74. The van der Waals surface area contributed by atoms with Crippen LogP contribution < -0.4 is 0 Å². The Morgan fingerprint density at radius 1 is 1.15 bits per heavy atom. The van der Waals surface area contributed by atoms with Gasteiger partial charge in [0.2, 0.25) is 6.29 Å². The van der Waals surface area contributed by atoms with E-state index in [0.29, 0.717) is 5.57 Å². The van der Waals surface area contributed by atoms with Gasteiger partial charge in [0.25, 0.3) is 0 Å². The lowest BCUT2D eigenvalue weighted by Gasteiger charge is -2.42. The zero-order valence-electron chi connectivity index (χ0n) is 14.6. The van der Waals surface area contributed by atoms with Crippen molar-refractivity contribution in [3.05, 3.63) is 24.0 Å². The maximum atomic E-state index is 11.3. The smallest absolute Gasteiger partial charge is 0.303 e. The van der Waals surface area contributed by atoms with Crippen LogP contribution in [0.4, 0.5) is 0 Å². The largest absolute Gasteiger partial charge is 0.472 e. The third-order valence-electron chi connectivity index (χ3n) is 5.01. The number of ether oxygens (including phenoxy) is 4. The molecule has 27 heavy (non-hydrogen) atoms. The molecule has 9 atom stereocenters. The van der Waals surface area contributed by atoms with Gasteiger partial charge in [-0.15, -0.1) is 0 Å². The summed E-state index contributed by atoms with van der Waals surface area (Å²) in [4.78, 5) is 11.3. The Labute approximate surface area is 155 Å². The Balaban J connectivity index is 1.76. The van der Waals surface area contributed by atoms with Crippen LogP contribution in [-0.4, -0.2) is 87.8 Å². The highest BCUT2D eigenvalue weighted by Gasteiger charge is 2.49. The van der Waals surface area contributed by atoms with Crippen molar-refractivity contribution < 1.29 is 49.3 Å². The first-order chi connectivity index (χ1) is 12.9. The predicted octanol–water partition coefficient (Wildman–Crippen LogP) is -2.23. The van der Waals surface area contributed by atoms with Gasteiger partial charge in [0.15, 0.2) is 6.29 Å². The average molecular weight is 388 g/mol. The number of esters is 1. The zero-order valence-corrected chi connectivity index (χ0v) is 14.6. The van der Waals surface area contributed by atoms with E-state index in [2.05, 4.69) is 0 Å². The molecule has 2 aliphatic heterocycles. The number of aliphatic hydroxyl groups is 5. The third kappa shape index (κ3) is 3.87. The molecule has 0 spiro atoms. The number of hydrogen-bond acceptors (Lipinski definition) is 10. The fraction of sp³-hybridized carbons (Fsp3) is 0.706. The number of fused-ring (bicyclic) bond motifs is 1. The molecule has 0 aromatic rings. The van der Waals surface area contributed by atoms with Crippen molar-refractivity contribution >= 4 is 5.97 Å². The van der Waals surface area contributed by atoms with E-state index < -0.39 is 61.6 Å². The molecule has 1 fully saturated rings. The molecule has 1 saturated heterocycles. The minimum Gasteiger partial charge on any atom is -0.472 e. The number of hydrogen-bond donors (Lipinski definition) is 5. The highest BCUT2D eigenvalue weighted by atomic mass is 16.8. The summed E-state index contributed by atoms with van der Waals surface area (Å²) in [5, 5.41) is 48.8. The minimum atomic E-state index is -1.58. The van der Waals surface area contributed by atoms with Crippen LogP contribution >= 0.6 is 0 Å². The molecule has 10 heteroatoms. The Bertz CT molecular complexity index is 603. The third-order valence-corrected chi connectivity index (χ3v) is 5.01. The summed E-state index contributed by atoms with van der Waals surface area (Å²) in [5.41, 5.74) is 0.533. The monoisotopic (exact) mass is 388 g/mol. The predicted molar refractivity (Wildman–Crippen MR) is 86.6 cm³/mol. The van der Waals surface area contributed by atoms with Crippen LogP contribution in [0.15, 0.2) is 24.0 Å². The van der Waals surface area contributed by atoms with Gasteiger partial charge in [-0.1, -0.05) is 0 Å². The van der Waals surface area contributed by atoms with Crippen molar-refractivity contribution in [1.82, 2.24) is 0 Å². The number of rotatable bonds is 5. The maximum Gasteiger partial charge on any atom is 0.303 e. The average Bonchev–Trinajstić information content (AvgIpc) is 3.00. The van der Waals surface area contributed by atoms with E-state index in [1.807, 2.05) is 0 Å². The van der Waals surface area contributed by atoms with Crippen molar-refractivity contribution in [3.8, 4) is 0 Å². The van der Waals surface area contributed by atoms with Gasteiger partial charge < -0.3 is 44.5 Å². The van der Waals surface area contributed by atoms with Crippen molar-refractivity contribution in [2.45, 2.75) is 50.0 Å². The summed E-state index contributed by atoms with van der Waals surface area (Å²) in [6.07, 6.45) is -4.11. The highest BCUT2D eigenvalue weighted by Crippen LogP contribution is 2.42. The van der Waals surface area contributed by atoms with Gasteiger partial charge in [0, 0.05) is 12.8 Å². The standard InChI is InChI=1S/C17H24O10/c1-7(20)25-10-4-8(5-18)12-9(10)2-3-24-16(12)27-17-15(23)14(22)13(21)11(6-19)26-17/h2-4,9-19,21-23H,5-6H2,1H3. The van der Waals surface area contributed by atoms with E-state index in [1.54, 1.807) is 12.2 Å². The SMILES string of the molecule is CC(=O)OC1C=C(CO)C2C(OC3OC(CO)C(O)C(O)C3O)OC=CC12. The summed E-state index contributed by atoms with van der Waals surface area (Å²) < 4.78 is 21.7. The molecule has 0 bridgehead atoms. The molecule has 10 nitrogen and oxygen atoms in total. The van der Waals surface area contributed by atoms with Gasteiger partial charge in [-0.05, 0) is 17.7 Å². The van der Waals surface area contributed by atoms with Gasteiger partial charge in [-0.3, -0.25) is 4.79 Å². The van der Waals surface area contributed by atoms with Gasteiger partial charge in [0.1, 0.15) is 30.5 Å². The van der Waals surface area contributed by atoms with Gasteiger partial charge in [-0.25, -0.2) is 0 Å². The Morgan fingerprint density at radius 2 is 1.89 bits per heavy atom. The topological polar surface area (TPSA) is 155 Å². The first-order valence-corrected chi connectivity index (χ1v) is 8.64. The Kier molecular flexibility index (Phi) is 6.16. The lowest BCUT2D eigenvalue weighted by atomic mass is 9.88. The first-order valence-electron chi connectivity index (χ1n) is 8.64. The normalized spacial score (nSPS) is 43.6. The number of carbonyl (C=O) groups excluding carboxylic acids is 1. The molecule has 0 radical (unpaired) electrons. The second-order valence-electron chi connectivity index (χ2n) is 6.74. The molecule has 0 aromatic carbocycles. The molecule has 9 unspecified atom stereocenters. The molecule has 0 aromatic heterocycles. The molecule has 0 amide bonds. The summed E-state index contributed by atoms with van der Waals surface area (Å²) in [7, 11) is 0. The summed E-state index contributed by atoms with van der Waals surface area (Å²) in [6.45, 7) is 0.383. The van der Waals surface area contributed by atoms with Gasteiger partial charge >= 0.3 is 5.97 Å². The number of aliphatic hydroxyl groups excluding tert-OH is 5. The van der Waals surface area contributed by atoms with Crippen LogP contribution in [0, 0.1) is 11.8 Å². The quantitative estimate of drug-likeness (QED) is 0.258. The van der Waals surface area contributed by atoms with E-state index in [-0.39, 0.29) is 12.5 Å². The first kappa shape index (κ1) is 20.2. The van der Waals surface area contributed by atoms with Crippen molar-refractivity contribution in [3.63, 3.8) is 0 Å². The Hall–Kier alpha value is -1.53. The van der Waals surface area contributed by atoms with Crippen molar-refractivity contribution in [2.24, 2.45) is 11.8 Å². The van der Waals surface area contributed by atoms with E-state index in [9.17, 15) is 30.3 Å². The van der Waals surface area contributed by atoms with E-state index >= 15 is 0 Å². The highest BCUT2D eigenvalue weighted by molar-refractivity contribution is 5.66. The molecular weight excluding hydrogens is 364 g/mol. The lowest BCUT2D eigenvalue weighted by Crippen LogP contribution is -2.60. The van der Waals surface area contributed by atoms with Crippen molar-refractivity contribution in [1.29, 1.82) is 0 Å². The minimum absolute atomic E-state index is 0.315. The zero-order chi connectivity index (χ0) is 19.7. The van der Waals surface area contributed by atoms with Crippen LogP contribution in [0.1, 0.15) is 6.92 Å². The van der Waals surface area contributed by atoms with Gasteiger partial charge in [0.05, 0.1) is 25.4 Å². The van der Waals surface area contributed by atoms with Crippen LogP contribution in [0.25, 0.3) is 0 Å². The summed E-state index contributed by atoms with van der Waals surface area (Å²) >= 11 is 0. The van der Waals surface area contributed by atoms with Gasteiger partial charge in [-0.2, -0.15) is 0 Å². The summed E-state index contributed by atoms with van der Waals surface area (Å²) in [6, 6.07) is 0. The second kappa shape index (κ2) is 8.23. The fourth-order valence-electron chi connectivity index (χ4n) is 3.66. The molecule has 3 aliphatic rings. The molecule has 1 aliphatic carbocycles. The van der Waals surface area contributed by atoms with E-state index in [4.69, 9.17) is 18.9 Å². The molecule has 5 N–H and O–H groups in total. The Morgan fingerprint density at radius 3 is 2.52 bits per heavy atom. The van der Waals surface area contributed by atoms with E-state index in [0.717, 1.165) is 0 Å². The molecule has 2 heterocycles. The van der Waals surface area contributed by atoms with E-state index in [1.165, 1.54) is 13.2 Å². The van der Waals surface area contributed by atoms with Crippen LogP contribution in [0.3, 0.4) is 0 Å². The fourth-order valence-corrected chi connectivity index (χ4v) is 3.66. The summed E-state index contributed by atoms with van der Waals surface area (Å²) in [5.74, 6) is -1.34. The number of carbonyl (C=O) groups is 1. The lowest BCUT2D eigenvalue weighted by molar-refractivity contribution is -0.339.